The molecule has 0 saturated heterocycles. The largest absolute Gasteiger partial charge is 0.352 e. The van der Waals surface area contributed by atoms with E-state index in [0.29, 0.717) is 12.1 Å². The van der Waals surface area contributed by atoms with Gasteiger partial charge in [-0.25, -0.2) is 4.98 Å². The summed E-state index contributed by atoms with van der Waals surface area (Å²) in [5.41, 5.74) is 2.63. The summed E-state index contributed by atoms with van der Waals surface area (Å²) >= 11 is 0. The van der Waals surface area contributed by atoms with Gasteiger partial charge in [0.05, 0.1) is 5.56 Å². The molecule has 7 heteroatoms. The third-order valence-electron chi connectivity index (χ3n) is 3.44. The molecule has 0 saturated carbocycles. The molecule has 0 atom stereocenters. The highest BCUT2D eigenvalue weighted by Gasteiger charge is 2.16. The van der Waals surface area contributed by atoms with Crippen LogP contribution in [0.5, 0.6) is 0 Å². The Morgan fingerprint density at radius 3 is 2.57 bits per heavy atom. The Kier molecular flexibility index (Phi) is 9.56. The minimum absolute atomic E-state index is 0. The van der Waals surface area contributed by atoms with Crippen molar-refractivity contribution >= 4 is 30.7 Å². The van der Waals surface area contributed by atoms with Crippen LogP contribution in [0.2, 0.25) is 0 Å². The SMILES string of the molecule is CNCCCNC(=O)c1cc(C)n(-c2ccccn2)c1C.Cl.Cl. The lowest BCUT2D eigenvalue weighted by Gasteiger charge is -2.09. The fourth-order valence-electron chi connectivity index (χ4n) is 2.39. The van der Waals surface area contributed by atoms with E-state index in [0.717, 1.165) is 30.2 Å². The van der Waals surface area contributed by atoms with Gasteiger partial charge in [-0.2, -0.15) is 0 Å². The highest BCUT2D eigenvalue weighted by Crippen LogP contribution is 2.19. The summed E-state index contributed by atoms with van der Waals surface area (Å²) in [4.78, 5) is 16.6. The third kappa shape index (κ3) is 5.23. The van der Waals surface area contributed by atoms with E-state index >= 15 is 0 Å². The first-order valence-corrected chi connectivity index (χ1v) is 7.18. The average Bonchev–Trinajstić information content (AvgIpc) is 2.79. The van der Waals surface area contributed by atoms with Gasteiger partial charge in [-0.1, -0.05) is 6.07 Å². The van der Waals surface area contributed by atoms with Gasteiger partial charge in [0.1, 0.15) is 5.82 Å². The van der Waals surface area contributed by atoms with Crippen LogP contribution >= 0.6 is 24.8 Å². The average molecular weight is 359 g/mol. The molecule has 0 bridgehead atoms. The van der Waals surface area contributed by atoms with Gasteiger partial charge in [0, 0.05) is 24.1 Å². The molecule has 128 valence electrons. The van der Waals surface area contributed by atoms with Crippen LogP contribution in [0, 0.1) is 13.8 Å². The van der Waals surface area contributed by atoms with Crippen molar-refractivity contribution in [3.63, 3.8) is 0 Å². The van der Waals surface area contributed by atoms with Crippen molar-refractivity contribution in [2.24, 2.45) is 0 Å². The fourth-order valence-corrected chi connectivity index (χ4v) is 2.39. The first-order valence-electron chi connectivity index (χ1n) is 7.18. The molecule has 1 amide bonds. The molecule has 0 aliphatic heterocycles. The molecule has 0 unspecified atom stereocenters. The molecule has 2 rings (SSSR count). The first-order chi connectivity index (χ1) is 10.1. The minimum Gasteiger partial charge on any atom is -0.352 e. The lowest BCUT2D eigenvalue weighted by atomic mass is 10.2. The monoisotopic (exact) mass is 358 g/mol. The smallest absolute Gasteiger partial charge is 0.253 e. The molecule has 2 heterocycles. The molecule has 0 spiro atoms. The van der Waals surface area contributed by atoms with Crippen molar-refractivity contribution in [2.45, 2.75) is 20.3 Å². The summed E-state index contributed by atoms with van der Waals surface area (Å²) < 4.78 is 2.00. The van der Waals surface area contributed by atoms with E-state index < -0.39 is 0 Å². The van der Waals surface area contributed by atoms with Crippen molar-refractivity contribution in [1.82, 2.24) is 20.2 Å². The van der Waals surface area contributed by atoms with Crippen molar-refractivity contribution < 1.29 is 4.79 Å². The van der Waals surface area contributed by atoms with E-state index in [-0.39, 0.29) is 30.7 Å². The van der Waals surface area contributed by atoms with Crippen molar-refractivity contribution in [1.29, 1.82) is 0 Å². The molecule has 2 aromatic heterocycles. The molecule has 23 heavy (non-hydrogen) atoms. The maximum absolute atomic E-state index is 12.3. The second-order valence-corrected chi connectivity index (χ2v) is 5.02. The second-order valence-electron chi connectivity index (χ2n) is 5.02. The van der Waals surface area contributed by atoms with Gasteiger partial charge >= 0.3 is 0 Å². The molecule has 0 aliphatic carbocycles. The lowest BCUT2D eigenvalue weighted by molar-refractivity contribution is 0.0952. The van der Waals surface area contributed by atoms with Gasteiger partial charge in [-0.05, 0) is 52.1 Å². The number of carbonyl (C=O) groups is 1. The van der Waals surface area contributed by atoms with E-state index in [4.69, 9.17) is 0 Å². The molecule has 2 aromatic rings. The molecular weight excluding hydrogens is 335 g/mol. The van der Waals surface area contributed by atoms with E-state index in [2.05, 4.69) is 15.6 Å². The zero-order valence-corrected chi connectivity index (χ0v) is 15.3. The Labute approximate surface area is 149 Å². The third-order valence-corrected chi connectivity index (χ3v) is 3.44. The number of nitrogens with one attached hydrogen (secondary N) is 2. The number of amides is 1. The number of nitrogens with zero attached hydrogens (tertiary/aromatic N) is 2. The number of pyridine rings is 1. The predicted octanol–water partition coefficient (Wildman–Crippen LogP) is 2.67. The van der Waals surface area contributed by atoms with Gasteiger partial charge in [0.2, 0.25) is 0 Å². The lowest BCUT2D eigenvalue weighted by Crippen LogP contribution is -2.27. The quantitative estimate of drug-likeness (QED) is 0.780. The number of hydrogen-bond acceptors (Lipinski definition) is 3. The maximum atomic E-state index is 12.3. The Hall–Kier alpha value is -1.56. The summed E-state index contributed by atoms with van der Waals surface area (Å²) in [6.07, 6.45) is 2.67. The van der Waals surface area contributed by atoms with Crippen molar-refractivity contribution in [2.75, 3.05) is 20.1 Å². The highest BCUT2D eigenvalue weighted by molar-refractivity contribution is 5.95. The summed E-state index contributed by atoms with van der Waals surface area (Å²) in [5.74, 6) is 0.808. The predicted molar refractivity (Wildman–Crippen MR) is 98.4 cm³/mol. The highest BCUT2D eigenvalue weighted by atomic mass is 35.5. The Bertz CT molecular complexity index is 614. The standard InChI is InChI=1S/C16H22N4O.2ClH/c1-12-11-14(16(21)19-10-6-8-17-3)13(2)20(12)15-7-4-5-9-18-15;;/h4-5,7,9,11,17H,6,8,10H2,1-3H3,(H,19,21);2*1H. The minimum atomic E-state index is -0.0265. The fraction of sp³-hybridized carbons (Fsp3) is 0.375. The van der Waals surface area contributed by atoms with Crippen LogP contribution < -0.4 is 10.6 Å². The molecule has 0 radical (unpaired) electrons. The van der Waals surface area contributed by atoms with Crippen LogP contribution in [0.15, 0.2) is 30.5 Å². The number of rotatable bonds is 6. The molecule has 0 aliphatic rings. The maximum Gasteiger partial charge on any atom is 0.253 e. The summed E-state index contributed by atoms with van der Waals surface area (Å²) in [5, 5.41) is 6.02. The molecule has 0 fully saturated rings. The van der Waals surface area contributed by atoms with E-state index in [1.165, 1.54) is 0 Å². The zero-order valence-electron chi connectivity index (χ0n) is 13.6. The normalized spacial score (nSPS) is 9.70. The molecule has 2 N–H and O–H groups in total. The Morgan fingerprint density at radius 1 is 1.22 bits per heavy atom. The van der Waals surface area contributed by atoms with Crippen molar-refractivity contribution in [3.8, 4) is 5.82 Å². The molecular formula is C16H24Cl2N4O. The first kappa shape index (κ1) is 21.4. The second kappa shape index (κ2) is 10.3. The number of aryl methyl sites for hydroxylation is 1. The zero-order chi connectivity index (χ0) is 15.2. The summed E-state index contributed by atoms with van der Waals surface area (Å²) in [6.45, 7) is 5.50. The number of halogens is 2. The van der Waals surface area contributed by atoms with Gasteiger partial charge in [-0.3, -0.25) is 4.79 Å². The van der Waals surface area contributed by atoms with E-state index in [1.807, 2.05) is 49.7 Å². The van der Waals surface area contributed by atoms with Crippen LogP contribution in [0.25, 0.3) is 5.82 Å². The summed E-state index contributed by atoms with van der Waals surface area (Å²) in [7, 11) is 1.91. The van der Waals surface area contributed by atoms with Crippen molar-refractivity contribution in [3.05, 3.63) is 47.4 Å². The van der Waals surface area contributed by atoms with Crippen LogP contribution in [0.3, 0.4) is 0 Å². The number of hydrogen-bond donors (Lipinski definition) is 2. The Balaban J connectivity index is 0.00000242. The Morgan fingerprint density at radius 2 is 1.96 bits per heavy atom. The van der Waals surface area contributed by atoms with Crippen LogP contribution in [-0.2, 0) is 0 Å². The topological polar surface area (TPSA) is 58.9 Å². The molecule has 5 nitrogen and oxygen atoms in total. The van der Waals surface area contributed by atoms with Crippen LogP contribution in [0.4, 0.5) is 0 Å². The van der Waals surface area contributed by atoms with Crippen LogP contribution in [-0.4, -0.2) is 35.6 Å². The van der Waals surface area contributed by atoms with E-state index in [1.54, 1.807) is 6.20 Å². The van der Waals surface area contributed by atoms with E-state index in [9.17, 15) is 4.79 Å². The van der Waals surface area contributed by atoms with Crippen LogP contribution in [0.1, 0.15) is 28.2 Å². The summed E-state index contributed by atoms with van der Waals surface area (Å²) in [6, 6.07) is 7.68. The van der Waals surface area contributed by atoms with Gasteiger partial charge in [0.15, 0.2) is 0 Å². The molecule has 0 aromatic carbocycles. The van der Waals surface area contributed by atoms with Gasteiger partial charge in [0.25, 0.3) is 5.91 Å². The number of carbonyl (C=O) groups excluding carboxylic acids is 1. The van der Waals surface area contributed by atoms with Gasteiger partial charge < -0.3 is 15.2 Å². The number of aromatic nitrogens is 2. The van der Waals surface area contributed by atoms with Gasteiger partial charge in [-0.15, -0.1) is 24.8 Å².